The number of hydrogen-bond donors (Lipinski definition) is 2. The van der Waals surface area contributed by atoms with E-state index >= 15 is 0 Å². The lowest BCUT2D eigenvalue weighted by molar-refractivity contribution is -0.139. The van der Waals surface area contributed by atoms with Crippen molar-refractivity contribution in [3.63, 3.8) is 0 Å². The van der Waals surface area contributed by atoms with Gasteiger partial charge >= 0.3 is 12.0 Å². The van der Waals surface area contributed by atoms with Crippen LogP contribution >= 0.6 is 0 Å². The number of amides is 2. The highest BCUT2D eigenvalue weighted by molar-refractivity contribution is 5.95. The van der Waals surface area contributed by atoms with Crippen LogP contribution in [0.5, 0.6) is 11.5 Å². The third-order valence-corrected chi connectivity index (χ3v) is 4.86. The van der Waals surface area contributed by atoms with Crippen LogP contribution in [0.25, 0.3) is 0 Å². The summed E-state index contributed by atoms with van der Waals surface area (Å²) in [6.07, 6.45) is 0.457. The van der Waals surface area contributed by atoms with E-state index < -0.39 is 18.0 Å². The minimum absolute atomic E-state index is 0.0282. The van der Waals surface area contributed by atoms with E-state index in [1.165, 1.54) is 13.2 Å². The van der Waals surface area contributed by atoms with Crippen molar-refractivity contribution in [3.05, 3.63) is 70.7 Å². The van der Waals surface area contributed by atoms with Crippen molar-refractivity contribution in [1.29, 1.82) is 0 Å². The molecule has 0 radical (unpaired) electrons. The summed E-state index contributed by atoms with van der Waals surface area (Å²) in [7, 11) is 1.48. The fourth-order valence-electron chi connectivity index (χ4n) is 3.35. The zero-order valence-corrected chi connectivity index (χ0v) is 17.7. The van der Waals surface area contributed by atoms with Gasteiger partial charge in [0.15, 0.2) is 11.5 Å². The van der Waals surface area contributed by atoms with E-state index in [0.29, 0.717) is 40.3 Å². The molecule has 0 aromatic heterocycles. The van der Waals surface area contributed by atoms with Gasteiger partial charge in [0.05, 0.1) is 25.3 Å². The number of methoxy groups -OCH3 is 1. The van der Waals surface area contributed by atoms with E-state index in [9.17, 15) is 14.0 Å². The Morgan fingerprint density at radius 3 is 2.58 bits per heavy atom. The number of nitrogens with one attached hydrogen (secondary N) is 2. The molecule has 1 aliphatic rings. The number of allylic oxidation sites excluding steroid dienone is 1. The van der Waals surface area contributed by atoms with Crippen molar-refractivity contribution in [3.8, 4) is 11.5 Å². The second kappa shape index (κ2) is 9.97. The van der Waals surface area contributed by atoms with Crippen molar-refractivity contribution in [2.24, 2.45) is 0 Å². The Bertz CT molecular complexity index is 1010. The summed E-state index contributed by atoms with van der Waals surface area (Å²) in [6.45, 7) is 3.81. The standard InChI is InChI=1S/C23H25FN2O5/c1-4-17-20(22(27)30-5-2)21(26-23(28)25-17)14-10-11-18(19(12-14)29-3)31-13-15-8-6-7-9-16(15)24/h6-12,21H,4-5,13H2,1-3H3,(H2,25,26,28). The van der Waals surface area contributed by atoms with Gasteiger partial charge in [0.1, 0.15) is 12.4 Å². The van der Waals surface area contributed by atoms with Crippen LogP contribution in [0.3, 0.4) is 0 Å². The van der Waals surface area contributed by atoms with E-state index in [1.54, 1.807) is 43.3 Å². The van der Waals surface area contributed by atoms with Crippen LogP contribution in [0, 0.1) is 5.82 Å². The van der Waals surface area contributed by atoms with Crippen molar-refractivity contribution < 1.29 is 28.2 Å². The zero-order valence-electron chi connectivity index (χ0n) is 17.7. The molecule has 1 atom stereocenters. The summed E-state index contributed by atoms with van der Waals surface area (Å²) < 4.78 is 30.2. The van der Waals surface area contributed by atoms with Crippen LogP contribution in [-0.4, -0.2) is 25.7 Å². The van der Waals surface area contributed by atoms with Crippen LogP contribution in [-0.2, 0) is 16.1 Å². The topological polar surface area (TPSA) is 85.9 Å². The Labute approximate surface area is 180 Å². The van der Waals surface area contributed by atoms with Gasteiger partial charge in [-0.2, -0.15) is 0 Å². The fraction of sp³-hybridized carbons (Fsp3) is 0.304. The maximum atomic E-state index is 13.9. The Kier molecular flexibility index (Phi) is 7.12. The van der Waals surface area contributed by atoms with Gasteiger partial charge in [-0.3, -0.25) is 0 Å². The fourth-order valence-corrected chi connectivity index (χ4v) is 3.35. The van der Waals surface area contributed by atoms with E-state index in [1.807, 2.05) is 6.92 Å². The molecular weight excluding hydrogens is 403 g/mol. The Morgan fingerprint density at radius 2 is 1.90 bits per heavy atom. The first-order valence-corrected chi connectivity index (χ1v) is 10.00. The maximum absolute atomic E-state index is 13.9. The molecule has 1 unspecified atom stereocenters. The summed E-state index contributed by atoms with van der Waals surface area (Å²) >= 11 is 0. The third kappa shape index (κ3) is 4.96. The summed E-state index contributed by atoms with van der Waals surface area (Å²) in [4.78, 5) is 24.8. The molecule has 0 spiro atoms. The largest absolute Gasteiger partial charge is 0.493 e. The first-order chi connectivity index (χ1) is 15.0. The molecular formula is C23H25FN2O5. The second-order valence-corrected chi connectivity index (χ2v) is 6.79. The number of benzene rings is 2. The molecule has 2 amide bonds. The summed E-state index contributed by atoms with van der Waals surface area (Å²) in [5, 5.41) is 5.44. The van der Waals surface area contributed by atoms with Crippen LogP contribution in [0.2, 0.25) is 0 Å². The molecule has 2 N–H and O–H groups in total. The Morgan fingerprint density at radius 1 is 1.13 bits per heavy atom. The minimum atomic E-state index is -0.711. The number of rotatable bonds is 8. The highest BCUT2D eigenvalue weighted by Crippen LogP contribution is 2.35. The monoisotopic (exact) mass is 428 g/mol. The van der Waals surface area contributed by atoms with E-state index in [4.69, 9.17) is 14.2 Å². The zero-order chi connectivity index (χ0) is 22.4. The van der Waals surface area contributed by atoms with Gasteiger partial charge < -0.3 is 24.8 Å². The van der Waals surface area contributed by atoms with Crippen LogP contribution in [0.4, 0.5) is 9.18 Å². The average molecular weight is 428 g/mol. The number of carbonyl (C=O) groups is 2. The molecule has 2 aromatic carbocycles. The van der Waals surface area contributed by atoms with E-state index in [-0.39, 0.29) is 19.0 Å². The molecule has 31 heavy (non-hydrogen) atoms. The second-order valence-electron chi connectivity index (χ2n) is 6.79. The number of urea groups is 1. The van der Waals surface area contributed by atoms with Gasteiger partial charge in [-0.15, -0.1) is 0 Å². The molecule has 0 aliphatic carbocycles. The molecule has 0 saturated heterocycles. The molecule has 2 aromatic rings. The van der Waals surface area contributed by atoms with Crippen molar-refractivity contribution in [2.45, 2.75) is 32.9 Å². The molecule has 7 nitrogen and oxygen atoms in total. The average Bonchev–Trinajstić information content (AvgIpc) is 2.77. The van der Waals surface area contributed by atoms with Crippen molar-refractivity contribution in [2.75, 3.05) is 13.7 Å². The molecule has 0 bridgehead atoms. The SMILES string of the molecule is CCOC(=O)C1=C(CC)NC(=O)NC1c1ccc(OCc2ccccc2F)c(OC)c1. The highest BCUT2D eigenvalue weighted by Gasteiger charge is 2.33. The van der Waals surface area contributed by atoms with Gasteiger partial charge in [-0.1, -0.05) is 31.2 Å². The molecule has 0 saturated carbocycles. The van der Waals surface area contributed by atoms with Gasteiger partial charge in [0.2, 0.25) is 0 Å². The third-order valence-electron chi connectivity index (χ3n) is 4.86. The summed E-state index contributed by atoms with van der Waals surface area (Å²) in [6, 6.07) is 10.3. The lowest BCUT2D eigenvalue weighted by atomic mass is 9.94. The van der Waals surface area contributed by atoms with Gasteiger partial charge in [0, 0.05) is 11.3 Å². The predicted molar refractivity (Wildman–Crippen MR) is 112 cm³/mol. The molecule has 1 heterocycles. The lowest BCUT2D eigenvalue weighted by Crippen LogP contribution is -2.45. The number of hydrogen-bond acceptors (Lipinski definition) is 5. The van der Waals surface area contributed by atoms with Crippen molar-refractivity contribution >= 4 is 12.0 Å². The molecule has 164 valence electrons. The quantitative estimate of drug-likeness (QED) is 0.621. The molecule has 1 aliphatic heterocycles. The van der Waals surface area contributed by atoms with Gasteiger partial charge in [0.25, 0.3) is 0 Å². The highest BCUT2D eigenvalue weighted by atomic mass is 19.1. The van der Waals surface area contributed by atoms with Crippen LogP contribution in [0.15, 0.2) is 53.7 Å². The number of carbonyl (C=O) groups excluding carboxylic acids is 2. The van der Waals surface area contributed by atoms with E-state index in [2.05, 4.69) is 10.6 Å². The van der Waals surface area contributed by atoms with Crippen LogP contribution in [0.1, 0.15) is 37.4 Å². The maximum Gasteiger partial charge on any atom is 0.338 e. The molecule has 0 fully saturated rings. The van der Waals surface area contributed by atoms with Gasteiger partial charge in [-0.05, 0) is 37.1 Å². The normalized spacial score (nSPS) is 15.7. The molecule has 8 heteroatoms. The van der Waals surface area contributed by atoms with Crippen LogP contribution < -0.4 is 20.1 Å². The first-order valence-electron chi connectivity index (χ1n) is 10.00. The number of halogens is 1. The van der Waals surface area contributed by atoms with Gasteiger partial charge in [-0.25, -0.2) is 14.0 Å². The number of esters is 1. The molecule has 3 rings (SSSR count). The Hall–Kier alpha value is -3.55. The predicted octanol–water partition coefficient (Wildman–Crippen LogP) is 3.99. The first kappa shape index (κ1) is 22.1. The lowest BCUT2D eigenvalue weighted by Gasteiger charge is -2.29. The van der Waals surface area contributed by atoms with E-state index in [0.717, 1.165) is 0 Å². The van der Waals surface area contributed by atoms with Crippen molar-refractivity contribution in [1.82, 2.24) is 10.6 Å². The number of ether oxygens (including phenoxy) is 3. The minimum Gasteiger partial charge on any atom is -0.493 e. The summed E-state index contributed by atoms with van der Waals surface area (Å²) in [5.74, 6) is -0.0578. The Balaban J connectivity index is 1.91. The smallest absolute Gasteiger partial charge is 0.338 e. The summed E-state index contributed by atoms with van der Waals surface area (Å²) in [5.41, 5.74) is 1.88.